The summed E-state index contributed by atoms with van der Waals surface area (Å²) in [5.41, 5.74) is 0.799. The lowest BCUT2D eigenvalue weighted by atomic mass is 10.1. The van der Waals surface area contributed by atoms with E-state index in [1.54, 1.807) is 13.3 Å². The van der Waals surface area contributed by atoms with Gasteiger partial charge in [0.05, 0.1) is 26.0 Å². The van der Waals surface area contributed by atoms with Crippen LogP contribution in [-0.2, 0) is 6.54 Å². The lowest BCUT2D eigenvalue weighted by molar-refractivity contribution is 0.148. The maximum absolute atomic E-state index is 10.2. The van der Waals surface area contributed by atoms with Gasteiger partial charge in [-0.05, 0) is 20.5 Å². The number of hydrogen-bond donors (Lipinski definition) is 1. The fraction of sp³-hybridized carbons (Fsp3) is 0.769. The lowest BCUT2D eigenvalue weighted by Crippen LogP contribution is -2.21. The second-order valence-corrected chi connectivity index (χ2v) is 4.78. The van der Waals surface area contributed by atoms with Gasteiger partial charge in [0, 0.05) is 6.54 Å². The molecule has 5 nitrogen and oxygen atoms in total. The summed E-state index contributed by atoms with van der Waals surface area (Å²) in [4.78, 5) is 2.09. The van der Waals surface area contributed by atoms with Gasteiger partial charge in [0.2, 0.25) is 0 Å². The Balaban J connectivity index is 2.80. The number of methoxy groups -OCH3 is 1. The second-order valence-electron chi connectivity index (χ2n) is 4.78. The van der Waals surface area contributed by atoms with Crippen LogP contribution < -0.4 is 4.74 Å². The Hall–Kier alpha value is -1.07. The number of aliphatic hydroxyl groups is 1. The summed E-state index contributed by atoms with van der Waals surface area (Å²) in [6.45, 7) is 3.76. The van der Waals surface area contributed by atoms with E-state index in [1.165, 1.54) is 0 Å². The van der Waals surface area contributed by atoms with Crippen LogP contribution in [-0.4, -0.2) is 47.5 Å². The van der Waals surface area contributed by atoms with Gasteiger partial charge in [-0.3, -0.25) is 4.68 Å². The van der Waals surface area contributed by atoms with Crippen LogP contribution in [0.3, 0.4) is 0 Å². The molecule has 5 heteroatoms. The molecule has 0 aliphatic rings. The number of aliphatic hydroxyl groups excluding tert-OH is 1. The van der Waals surface area contributed by atoms with Crippen LogP contribution in [0.1, 0.15) is 38.0 Å². The monoisotopic (exact) mass is 255 g/mol. The van der Waals surface area contributed by atoms with Gasteiger partial charge < -0.3 is 14.7 Å². The van der Waals surface area contributed by atoms with E-state index in [0.29, 0.717) is 5.75 Å². The minimum atomic E-state index is -0.496. The lowest BCUT2D eigenvalue weighted by Gasteiger charge is -2.16. The fourth-order valence-corrected chi connectivity index (χ4v) is 1.88. The van der Waals surface area contributed by atoms with Gasteiger partial charge in [0.25, 0.3) is 0 Å². The van der Waals surface area contributed by atoms with Crippen molar-refractivity contribution in [1.29, 1.82) is 0 Å². The number of hydrogen-bond acceptors (Lipinski definition) is 4. The normalized spacial score (nSPS) is 13.0. The Labute approximate surface area is 109 Å². The molecule has 0 saturated heterocycles. The molecule has 0 spiro atoms. The van der Waals surface area contributed by atoms with Gasteiger partial charge in [-0.15, -0.1) is 0 Å². The average Bonchev–Trinajstić information content (AvgIpc) is 2.76. The number of ether oxygens (including phenoxy) is 1. The second kappa shape index (κ2) is 7.38. The smallest absolute Gasteiger partial charge is 0.162 e. The molecule has 0 fully saturated rings. The molecule has 1 aromatic rings. The van der Waals surface area contributed by atoms with E-state index in [0.717, 1.165) is 38.0 Å². The Morgan fingerprint density at radius 1 is 1.50 bits per heavy atom. The minimum Gasteiger partial charge on any atom is -0.493 e. The molecule has 104 valence electrons. The molecule has 0 bridgehead atoms. The summed E-state index contributed by atoms with van der Waals surface area (Å²) in [5, 5.41) is 14.5. The van der Waals surface area contributed by atoms with E-state index in [2.05, 4.69) is 16.9 Å². The van der Waals surface area contributed by atoms with Gasteiger partial charge in [-0.2, -0.15) is 5.10 Å². The maximum Gasteiger partial charge on any atom is 0.162 e. The summed E-state index contributed by atoms with van der Waals surface area (Å²) >= 11 is 0. The number of rotatable bonds is 8. The van der Waals surface area contributed by atoms with Crippen molar-refractivity contribution in [3.63, 3.8) is 0 Å². The molecule has 0 amide bonds. The first-order chi connectivity index (χ1) is 8.60. The van der Waals surface area contributed by atoms with E-state index in [-0.39, 0.29) is 0 Å². The first kappa shape index (κ1) is 15.0. The molecule has 0 radical (unpaired) electrons. The SMILES string of the molecule is CCCCC(O)c1c(OC)cnn1CCN(C)C. The molecule has 0 aromatic carbocycles. The number of nitrogens with zero attached hydrogens (tertiary/aromatic N) is 3. The van der Waals surface area contributed by atoms with Crippen LogP contribution in [0.15, 0.2) is 6.20 Å². The van der Waals surface area contributed by atoms with Crippen molar-refractivity contribution >= 4 is 0 Å². The zero-order chi connectivity index (χ0) is 13.5. The predicted molar refractivity (Wildman–Crippen MR) is 71.8 cm³/mol. The molecule has 1 unspecified atom stereocenters. The highest BCUT2D eigenvalue weighted by Gasteiger charge is 2.19. The Bertz CT molecular complexity index is 350. The zero-order valence-electron chi connectivity index (χ0n) is 11.9. The van der Waals surface area contributed by atoms with Crippen LogP contribution in [0.4, 0.5) is 0 Å². The van der Waals surface area contributed by atoms with Crippen LogP contribution in [0.25, 0.3) is 0 Å². The molecule has 0 saturated carbocycles. The minimum absolute atomic E-state index is 0.496. The third-order valence-electron chi connectivity index (χ3n) is 2.97. The summed E-state index contributed by atoms with van der Waals surface area (Å²) in [7, 11) is 5.66. The molecule has 1 heterocycles. The van der Waals surface area contributed by atoms with E-state index >= 15 is 0 Å². The Morgan fingerprint density at radius 3 is 2.78 bits per heavy atom. The molecule has 1 atom stereocenters. The van der Waals surface area contributed by atoms with Crippen LogP contribution >= 0.6 is 0 Å². The van der Waals surface area contributed by atoms with E-state index in [4.69, 9.17) is 4.74 Å². The Kier molecular flexibility index (Phi) is 6.15. The van der Waals surface area contributed by atoms with E-state index < -0.39 is 6.10 Å². The van der Waals surface area contributed by atoms with Crippen molar-refractivity contribution < 1.29 is 9.84 Å². The van der Waals surface area contributed by atoms with Crippen molar-refractivity contribution in [2.24, 2.45) is 0 Å². The first-order valence-corrected chi connectivity index (χ1v) is 6.52. The van der Waals surface area contributed by atoms with Crippen LogP contribution in [0.5, 0.6) is 5.75 Å². The van der Waals surface area contributed by atoms with Crippen molar-refractivity contribution in [3.8, 4) is 5.75 Å². The van der Waals surface area contributed by atoms with Gasteiger partial charge in [-0.1, -0.05) is 19.8 Å². The third-order valence-corrected chi connectivity index (χ3v) is 2.97. The Morgan fingerprint density at radius 2 is 2.22 bits per heavy atom. The molecule has 18 heavy (non-hydrogen) atoms. The highest BCUT2D eigenvalue weighted by atomic mass is 16.5. The standard InChI is InChI=1S/C13H25N3O2/c1-5-6-7-11(17)13-12(18-4)10-14-16(13)9-8-15(2)3/h10-11,17H,5-9H2,1-4H3. The van der Waals surface area contributed by atoms with E-state index in [9.17, 15) is 5.11 Å². The van der Waals surface area contributed by atoms with Crippen molar-refractivity contribution in [2.75, 3.05) is 27.7 Å². The third kappa shape index (κ3) is 3.99. The highest BCUT2D eigenvalue weighted by Crippen LogP contribution is 2.28. The van der Waals surface area contributed by atoms with Crippen molar-refractivity contribution in [1.82, 2.24) is 14.7 Å². The topological polar surface area (TPSA) is 50.5 Å². The molecule has 1 aromatic heterocycles. The van der Waals surface area contributed by atoms with E-state index in [1.807, 2.05) is 18.8 Å². The summed E-state index contributed by atoms with van der Waals surface area (Å²) < 4.78 is 7.12. The molecular weight excluding hydrogens is 230 g/mol. The molecule has 0 aliphatic carbocycles. The largest absolute Gasteiger partial charge is 0.493 e. The first-order valence-electron chi connectivity index (χ1n) is 6.52. The summed E-state index contributed by atoms with van der Waals surface area (Å²) in [6, 6.07) is 0. The highest BCUT2D eigenvalue weighted by molar-refractivity contribution is 5.27. The van der Waals surface area contributed by atoms with Crippen LogP contribution in [0, 0.1) is 0 Å². The summed E-state index contributed by atoms with van der Waals surface area (Å²) in [6.07, 6.45) is 4.01. The number of likely N-dealkylation sites (N-methyl/N-ethyl adjacent to an activating group) is 1. The molecule has 1 rings (SSSR count). The molecule has 0 aliphatic heterocycles. The predicted octanol–water partition coefficient (Wildman–Crippen LogP) is 1.68. The quantitative estimate of drug-likeness (QED) is 0.768. The van der Waals surface area contributed by atoms with Crippen molar-refractivity contribution in [2.45, 2.75) is 38.8 Å². The average molecular weight is 255 g/mol. The summed E-state index contributed by atoms with van der Waals surface area (Å²) in [5.74, 6) is 0.678. The molecule has 1 N–H and O–H groups in total. The zero-order valence-corrected chi connectivity index (χ0v) is 11.9. The fourth-order valence-electron chi connectivity index (χ4n) is 1.88. The molecular formula is C13H25N3O2. The van der Waals surface area contributed by atoms with Crippen LogP contribution in [0.2, 0.25) is 0 Å². The van der Waals surface area contributed by atoms with Gasteiger partial charge in [0.1, 0.15) is 5.69 Å². The van der Waals surface area contributed by atoms with Crippen molar-refractivity contribution in [3.05, 3.63) is 11.9 Å². The van der Waals surface area contributed by atoms with Gasteiger partial charge >= 0.3 is 0 Å². The van der Waals surface area contributed by atoms with Gasteiger partial charge in [0.15, 0.2) is 5.75 Å². The van der Waals surface area contributed by atoms with Gasteiger partial charge in [-0.25, -0.2) is 0 Å². The number of unbranched alkanes of at least 4 members (excludes halogenated alkanes) is 1. The maximum atomic E-state index is 10.2. The number of aromatic nitrogens is 2.